The number of piperidine rings is 1. The molecule has 2 heterocycles. The highest BCUT2D eigenvalue weighted by atomic mass is 32.2. The summed E-state index contributed by atoms with van der Waals surface area (Å²) in [5, 5.41) is 3.40. The van der Waals surface area contributed by atoms with Crippen LogP contribution in [0.1, 0.15) is 89.2 Å². The number of rotatable bonds is 7. The van der Waals surface area contributed by atoms with Gasteiger partial charge in [-0.1, -0.05) is 56.3 Å². The zero-order valence-electron chi connectivity index (χ0n) is 20.1. The van der Waals surface area contributed by atoms with Gasteiger partial charge in [0.15, 0.2) is 15.0 Å². The minimum atomic E-state index is -3.42. The maximum Gasteiger partial charge on any atom is 0.324 e. The van der Waals surface area contributed by atoms with Crippen LogP contribution in [0.15, 0.2) is 4.21 Å². The first kappa shape index (κ1) is 24.9. The van der Waals surface area contributed by atoms with Crippen LogP contribution in [-0.2, 0) is 9.84 Å². The predicted octanol–water partition coefficient (Wildman–Crippen LogP) is 5.21. The lowest BCUT2D eigenvalue weighted by atomic mass is 9.89. The zero-order chi connectivity index (χ0) is 23.3. The highest BCUT2D eigenvalue weighted by Crippen LogP contribution is 2.33. The molecule has 2 amide bonds. The number of hydrogen-bond acceptors (Lipinski definition) is 6. The van der Waals surface area contributed by atoms with Gasteiger partial charge in [0, 0.05) is 18.6 Å². The number of anilines is 1. The molecule has 0 spiro atoms. The quantitative estimate of drug-likeness (QED) is 0.560. The Morgan fingerprint density at radius 3 is 2.09 bits per heavy atom. The van der Waals surface area contributed by atoms with Crippen LogP contribution in [0.2, 0.25) is 0 Å². The molecular weight excluding hydrogens is 456 g/mol. The van der Waals surface area contributed by atoms with E-state index in [1.54, 1.807) is 6.92 Å². The topological polar surface area (TPSA) is 82.6 Å². The van der Waals surface area contributed by atoms with Crippen LogP contribution in [-0.4, -0.2) is 66.7 Å². The van der Waals surface area contributed by atoms with Crippen molar-refractivity contribution >= 4 is 32.3 Å². The maximum absolute atomic E-state index is 13.4. The minimum absolute atomic E-state index is 0.0974. The molecule has 4 rings (SSSR count). The molecule has 1 aliphatic heterocycles. The minimum Gasteiger partial charge on any atom is -0.319 e. The van der Waals surface area contributed by atoms with E-state index in [2.05, 4.69) is 20.1 Å². The summed E-state index contributed by atoms with van der Waals surface area (Å²) in [5.74, 6) is 0.111. The van der Waals surface area contributed by atoms with Gasteiger partial charge in [-0.15, -0.1) is 0 Å². The molecule has 0 radical (unpaired) electrons. The Bertz CT molecular complexity index is 866. The third-order valence-electron chi connectivity index (χ3n) is 7.55. The summed E-state index contributed by atoms with van der Waals surface area (Å²) >= 11 is 1.12. The number of aryl methyl sites for hydroxylation is 1. The fourth-order valence-corrected chi connectivity index (χ4v) is 8.62. The number of carbonyl (C=O) groups excluding carboxylic acids is 1. The molecule has 2 saturated carbocycles. The van der Waals surface area contributed by atoms with E-state index in [-0.39, 0.29) is 23.9 Å². The van der Waals surface area contributed by atoms with Crippen LogP contribution in [0.4, 0.5) is 9.93 Å². The second-order valence-electron chi connectivity index (χ2n) is 10.0. The van der Waals surface area contributed by atoms with Crippen molar-refractivity contribution in [2.45, 2.75) is 107 Å². The summed E-state index contributed by atoms with van der Waals surface area (Å²) in [7, 11) is -3.42. The standard InChI is InChI=1S/C24H40N4O3S2/c1-19-22(33(30,31)18-17-27-15-9-4-10-16-27)32-23(25-19)26-24(29)28(20-11-5-2-6-12-20)21-13-7-3-8-14-21/h20-21H,2-18H2,1H3,(H,25,26,29). The van der Waals surface area contributed by atoms with Crippen LogP contribution < -0.4 is 5.32 Å². The molecule has 33 heavy (non-hydrogen) atoms. The zero-order valence-corrected chi connectivity index (χ0v) is 21.7. The maximum atomic E-state index is 13.4. The van der Waals surface area contributed by atoms with Gasteiger partial charge >= 0.3 is 6.03 Å². The van der Waals surface area contributed by atoms with Crippen LogP contribution in [0.25, 0.3) is 0 Å². The molecule has 0 atom stereocenters. The predicted molar refractivity (Wildman–Crippen MR) is 134 cm³/mol. The average Bonchev–Trinajstić information content (AvgIpc) is 3.21. The summed E-state index contributed by atoms with van der Waals surface area (Å²) in [6, 6.07) is 0.478. The monoisotopic (exact) mass is 496 g/mol. The number of sulfone groups is 1. The Balaban J connectivity index is 1.43. The van der Waals surface area contributed by atoms with E-state index in [0.717, 1.165) is 63.0 Å². The summed E-state index contributed by atoms with van der Waals surface area (Å²) < 4.78 is 26.4. The molecule has 7 nitrogen and oxygen atoms in total. The van der Waals surface area contributed by atoms with Gasteiger partial charge in [-0.3, -0.25) is 5.32 Å². The third kappa shape index (κ3) is 6.48. The number of hydrogen-bond donors (Lipinski definition) is 1. The van der Waals surface area contributed by atoms with Crippen LogP contribution in [0, 0.1) is 6.92 Å². The lowest BCUT2D eigenvalue weighted by Gasteiger charge is -2.41. The van der Waals surface area contributed by atoms with Crippen molar-refractivity contribution < 1.29 is 13.2 Å². The first-order valence-corrected chi connectivity index (χ1v) is 15.4. The molecule has 1 aromatic rings. The average molecular weight is 497 g/mol. The van der Waals surface area contributed by atoms with E-state index in [1.807, 2.05) is 0 Å². The Labute approximate surface area is 203 Å². The number of carbonyl (C=O) groups is 1. The van der Waals surface area contributed by atoms with Crippen molar-refractivity contribution in [2.75, 3.05) is 30.7 Å². The first-order chi connectivity index (χ1) is 15.9. The Hall–Kier alpha value is -1.19. The van der Waals surface area contributed by atoms with Gasteiger partial charge in [0.05, 0.1) is 11.4 Å². The smallest absolute Gasteiger partial charge is 0.319 e. The van der Waals surface area contributed by atoms with Crippen molar-refractivity contribution in [3.05, 3.63) is 5.69 Å². The number of nitrogens with zero attached hydrogens (tertiary/aromatic N) is 3. The summed E-state index contributed by atoms with van der Waals surface area (Å²) in [4.78, 5) is 22.2. The highest BCUT2D eigenvalue weighted by molar-refractivity contribution is 7.93. The highest BCUT2D eigenvalue weighted by Gasteiger charge is 2.33. The van der Waals surface area contributed by atoms with Crippen LogP contribution >= 0.6 is 11.3 Å². The molecule has 9 heteroatoms. The fourth-order valence-electron chi connectivity index (χ4n) is 5.75. The van der Waals surface area contributed by atoms with Crippen molar-refractivity contribution in [1.82, 2.24) is 14.8 Å². The number of thiazole rings is 1. The van der Waals surface area contributed by atoms with Crippen molar-refractivity contribution in [2.24, 2.45) is 0 Å². The Morgan fingerprint density at radius 1 is 0.970 bits per heavy atom. The SMILES string of the molecule is Cc1nc(NC(=O)N(C2CCCCC2)C2CCCCC2)sc1S(=O)(=O)CCN1CCCCC1. The molecule has 1 saturated heterocycles. The third-order valence-corrected chi connectivity index (χ3v) is 11.0. The molecule has 3 fully saturated rings. The van der Waals surface area contributed by atoms with Crippen LogP contribution in [0.5, 0.6) is 0 Å². The van der Waals surface area contributed by atoms with E-state index in [9.17, 15) is 13.2 Å². The molecule has 1 N–H and O–H groups in total. The number of likely N-dealkylation sites (tertiary alicyclic amines) is 1. The van der Waals surface area contributed by atoms with Gasteiger partial charge in [-0.05, 0) is 58.5 Å². The van der Waals surface area contributed by atoms with E-state index < -0.39 is 9.84 Å². The molecule has 1 aromatic heterocycles. The van der Waals surface area contributed by atoms with Crippen molar-refractivity contribution in [3.8, 4) is 0 Å². The second-order valence-corrected chi connectivity index (χ2v) is 13.3. The van der Waals surface area contributed by atoms with Gasteiger partial charge in [0.2, 0.25) is 0 Å². The number of amides is 2. The van der Waals surface area contributed by atoms with E-state index in [0.29, 0.717) is 21.6 Å². The fraction of sp³-hybridized carbons (Fsp3) is 0.833. The Morgan fingerprint density at radius 2 is 1.52 bits per heavy atom. The van der Waals surface area contributed by atoms with Gasteiger partial charge < -0.3 is 9.80 Å². The van der Waals surface area contributed by atoms with Crippen LogP contribution in [0.3, 0.4) is 0 Å². The number of nitrogens with one attached hydrogen (secondary N) is 1. The Kier molecular flexibility index (Phi) is 8.68. The molecule has 2 aliphatic carbocycles. The van der Waals surface area contributed by atoms with Crippen molar-refractivity contribution in [1.29, 1.82) is 0 Å². The largest absolute Gasteiger partial charge is 0.324 e. The van der Waals surface area contributed by atoms with Gasteiger partial charge in [-0.2, -0.15) is 0 Å². The molecular formula is C24H40N4O3S2. The summed E-state index contributed by atoms with van der Waals surface area (Å²) in [5.41, 5.74) is 0.496. The van der Waals surface area contributed by atoms with Crippen molar-refractivity contribution in [3.63, 3.8) is 0 Å². The van der Waals surface area contributed by atoms with E-state index in [1.165, 1.54) is 44.9 Å². The molecule has 3 aliphatic rings. The van der Waals surface area contributed by atoms with E-state index in [4.69, 9.17) is 0 Å². The lowest BCUT2D eigenvalue weighted by Crippen LogP contribution is -2.50. The number of urea groups is 1. The molecule has 0 bridgehead atoms. The second kappa shape index (κ2) is 11.5. The van der Waals surface area contributed by atoms with Gasteiger partial charge in [0.1, 0.15) is 4.21 Å². The summed E-state index contributed by atoms with van der Waals surface area (Å²) in [6.07, 6.45) is 15.0. The number of aromatic nitrogens is 1. The van der Waals surface area contributed by atoms with Gasteiger partial charge in [0.25, 0.3) is 0 Å². The molecule has 186 valence electrons. The molecule has 0 aromatic carbocycles. The molecule has 0 unspecified atom stereocenters. The summed E-state index contributed by atoms with van der Waals surface area (Å²) in [6.45, 7) is 4.27. The normalized spacial score (nSPS) is 21.7. The van der Waals surface area contributed by atoms with E-state index >= 15 is 0 Å². The van der Waals surface area contributed by atoms with Gasteiger partial charge in [-0.25, -0.2) is 18.2 Å². The first-order valence-electron chi connectivity index (χ1n) is 13.0. The lowest BCUT2D eigenvalue weighted by molar-refractivity contribution is 0.114.